The normalized spacial score (nSPS) is 10.7. The number of nitrogens with zero attached hydrogens (tertiary/aromatic N) is 2. The molecule has 3 N–H and O–H groups in total. The summed E-state index contributed by atoms with van der Waals surface area (Å²) in [6.45, 7) is 1.23. The van der Waals surface area contributed by atoms with Gasteiger partial charge in [0.25, 0.3) is 11.6 Å². The van der Waals surface area contributed by atoms with Crippen LogP contribution in [-0.4, -0.2) is 42.9 Å². The molecule has 0 radical (unpaired) electrons. The molecule has 0 heterocycles. The maximum Gasteiger partial charge on any atom is 0.293 e. The zero-order valence-electron chi connectivity index (χ0n) is 12.1. The minimum absolute atomic E-state index is 0.355. The van der Waals surface area contributed by atoms with Gasteiger partial charge in [0.1, 0.15) is 17.1 Å². The number of halogens is 1. The first-order valence-corrected chi connectivity index (χ1v) is 6.50. The van der Waals surface area contributed by atoms with Crippen LogP contribution in [0.3, 0.4) is 0 Å². The van der Waals surface area contributed by atoms with Crippen molar-refractivity contribution in [2.75, 3.05) is 32.9 Å². The van der Waals surface area contributed by atoms with Gasteiger partial charge in [-0.25, -0.2) is 4.39 Å². The Balaban J connectivity index is 2.70. The second kappa shape index (κ2) is 7.53. The third kappa shape index (κ3) is 4.67. The topological polar surface area (TPSA) is 102 Å². The van der Waals surface area contributed by atoms with E-state index in [2.05, 4.69) is 5.32 Å². The van der Waals surface area contributed by atoms with E-state index in [-0.39, 0.29) is 0 Å². The van der Waals surface area contributed by atoms with Crippen molar-refractivity contribution in [3.05, 3.63) is 33.6 Å². The Bertz CT molecular complexity index is 534. The number of amides is 1. The van der Waals surface area contributed by atoms with Crippen LogP contribution in [0.25, 0.3) is 0 Å². The average molecular weight is 298 g/mol. The van der Waals surface area contributed by atoms with Crippen LogP contribution in [0.4, 0.5) is 15.8 Å². The van der Waals surface area contributed by atoms with Crippen molar-refractivity contribution in [3.8, 4) is 0 Å². The highest BCUT2D eigenvalue weighted by Gasteiger charge is 2.23. The smallest absolute Gasteiger partial charge is 0.293 e. The molecule has 0 aliphatic rings. The summed E-state index contributed by atoms with van der Waals surface area (Å²) in [5.41, 5.74) is 4.10. The first-order chi connectivity index (χ1) is 9.84. The highest BCUT2D eigenvalue weighted by Crippen LogP contribution is 2.27. The molecular weight excluding hydrogens is 279 g/mol. The van der Waals surface area contributed by atoms with Gasteiger partial charge in [0, 0.05) is 12.6 Å². The molecule has 116 valence electrons. The van der Waals surface area contributed by atoms with Crippen LogP contribution < -0.4 is 11.1 Å². The second-order valence-corrected chi connectivity index (χ2v) is 4.88. The van der Waals surface area contributed by atoms with Gasteiger partial charge in [0.15, 0.2) is 0 Å². The van der Waals surface area contributed by atoms with Crippen LogP contribution >= 0.6 is 0 Å². The Labute approximate surface area is 122 Å². The second-order valence-electron chi connectivity index (χ2n) is 4.88. The Hall–Kier alpha value is -2.22. The molecule has 0 fully saturated rings. The Morgan fingerprint density at radius 3 is 2.67 bits per heavy atom. The molecule has 1 amide bonds. The molecule has 0 bridgehead atoms. The summed E-state index contributed by atoms with van der Waals surface area (Å²) < 4.78 is 13.7. The predicted octanol–water partition coefficient (Wildman–Crippen LogP) is 1.39. The molecular formula is C13H19FN4O3. The van der Waals surface area contributed by atoms with Gasteiger partial charge < -0.3 is 16.0 Å². The number of carbonyl (C=O) groups excluding carboxylic acids is 1. The number of carbonyl (C=O) groups is 1. The van der Waals surface area contributed by atoms with Gasteiger partial charge in [0.05, 0.1) is 4.92 Å². The quantitative estimate of drug-likeness (QED) is 0.343. The van der Waals surface area contributed by atoms with E-state index in [4.69, 9.17) is 5.73 Å². The number of hydrogen-bond donors (Lipinski definition) is 2. The van der Waals surface area contributed by atoms with Gasteiger partial charge in [-0.1, -0.05) is 0 Å². The van der Waals surface area contributed by atoms with Crippen molar-refractivity contribution >= 4 is 17.3 Å². The van der Waals surface area contributed by atoms with Gasteiger partial charge in [-0.2, -0.15) is 0 Å². The third-order valence-electron chi connectivity index (χ3n) is 2.91. The first kappa shape index (κ1) is 16.8. The lowest BCUT2D eigenvalue weighted by atomic mass is 10.1. The van der Waals surface area contributed by atoms with Crippen LogP contribution in [-0.2, 0) is 0 Å². The molecule has 7 nitrogen and oxygen atoms in total. The summed E-state index contributed by atoms with van der Waals surface area (Å²) >= 11 is 0. The fraction of sp³-hybridized carbons (Fsp3) is 0.462. The summed E-state index contributed by atoms with van der Waals surface area (Å²) in [4.78, 5) is 23.9. The predicted molar refractivity (Wildman–Crippen MR) is 77.6 cm³/mol. The van der Waals surface area contributed by atoms with Crippen molar-refractivity contribution < 1.29 is 14.1 Å². The fourth-order valence-corrected chi connectivity index (χ4v) is 1.82. The van der Waals surface area contributed by atoms with E-state index in [9.17, 15) is 19.3 Å². The molecule has 1 rings (SSSR count). The number of anilines is 1. The highest BCUT2D eigenvalue weighted by molar-refractivity contribution is 6.01. The van der Waals surface area contributed by atoms with Gasteiger partial charge in [0.2, 0.25) is 0 Å². The van der Waals surface area contributed by atoms with Crippen molar-refractivity contribution in [2.45, 2.75) is 12.8 Å². The number of hydrogen-bond acceptors (Lipinski definition) is 5. The molecule has 1 aromatic carbocycles. The standard InChI is InChI=1S/C13H19FN4O3/c1-17(2)8-4-3-7-16-13(19)11-9(14)5-6-10(12(11)15)18(20)21/h5-6H,3-4,7-8,15H2,1-2H3,(H,16,19). The molecule has 0 saturated heterocycles. The number of unbranched alkanes of at least 4 members (excludes halogenated alkanes) is 1. The van der Waals surface area contributed by atoms with Gasteiger partial charge in [-0.3, -0.25) is 14.9 Å². The van der Waals surface area contributed by atoms with E-state index in [1.807, 2.05) is 19.0 Å². The largest absolute Gasteiger partial charge is 0.392 e. The van der Waals surface area contributed by atoms with Crippen LogP contribution in [0.1, 0.15) is 23.2 Å². The number of nitro benzene ring substituents is 1. The number of nitrogens with two attached hydrogens (primary N) is 1. The third-order valence-corrected chi connectivity index (χ3v) is 2.91. The summed E-state index contributed by atoms with van der Waals surface area (Å²) in [6.07, 6.45) is 1.60. The molecule has 0 atom stereocenters. The Kier molecular flexibility index (Phi) is 6.04. The lowest BCUT2D eigenvalue weighted by Crippen LogP contribution is -2.27. The molecule has 0 aliphatic heterocycles. The Morgan fingerprint density at radius 2 is 2.10 bits per heavy atom. The molecule has 8 heteroatoms. The van der Waals surface area contributed by atoms with Crippen LogP contribution in [0.15, 0.2) is 12.1 Å². The summed E-state index contributed by atoms with van der Waals surface area (Å²) in [7, 11) is 3.88. The van der Waals surface area contributed by atoms with E-state index < -0.39 is 33.6 Å². The minimum Gasteiger partial charge on any atom is -0.392 e. The molecule has 0 saturated carbocycles. The van der Waals surface area contributed by atoms with E-state index in [0.29, 0.717) is 6.54 Å². The van der Waals surface area contributed by atoms with E-state index in [1.165, 1.54) is 0 Å². The van der Waals surface area contributed by atoms with Crippen molar-refractivity contribution in [3.63, 3.8) is 0 Å². The summed E-state index contributed by atoms with van der Waals surface area (Å²) in [6, 6.07) is 1.81. The van der Waals surface area contributed by atoms with Crippen molar-refractivity contribution in [1.82, 2.24) is 10.2 Å². The SMILES string of the molecule is CN(C)CCCCNC(=O)c1c(F)ccc([N+](=O)[O-])c1N. The lowest BCUT2D eigenvalue weighted by Gasteiger charge is -2.10. The number of rotatable bonds is 7. The zero-order valence-corrected chi connectivity index (χ0v) is 12.1. The van der Waals surface area contributed by atoms with Crippen LogP contribution in [0, 0.1) is 15.9 Å². The summed E-state index contributed by atoms with van der Waals surface area (Å²) in [5, 5.41) is 13.3. The minimum atomic E-state index is -0.871. The molecule has 0 aromatic heterocycles. The highest BCUT2D eigenvalue weighted by atomic mass is 19.1. The molecule has 1 aromatic rings. The van der Waals surface area contributed by atoms with Crippen LogP contribution in [0.2, 0.25) is 0 Å². The molecule has 21 heavy (non-hydrogen) atoms. The van der Waals surface area contributed by atoms with E-state index in [0.717, 1.165) is 31.5 Å². The maximum atomic E-state index is 13.7. The number of nitrogen functional groups attached to an aromatic ring is 1. The zero-order chi connectivity index (χ0) is 16.0. The van der Waals surface area contributed by atoms with Gasteiger partial charge >= 0.3 is 0 Å². The first-order valence-electron chi connectivity index (χ1n) is 6.50. The number of benzene rings is 1. The van der Waals surface area contributed by atoms with Crippen LogP contribution in [0.5, 0.6) is 0 Å². The number of nitrogens with one attached hydrogen (secondary N) is 1. The van der Waals surface area contributed by atoms with Gasteiger partial charge in [-0.15, -0.1) is 0 Å². The van der Waals surface area contributed by atoms with Gasteiger partial charge in [-0.05, 0) is 39.5 Å². The lowest BCUT2D eigenvalue weighted by molar-refractivity contribution is -0.384. The monoisotopic (exact) mass is 298 g/mol. The average Bonchev–Trinajstić information content (AvgIpc) is 2.37. The molecule has 0 spiro atoms. The van der Waals surface area contributed by atoms with Crippen molar-refractivity contribution in [2.24, 2.45) is 0 Å². The Morgan fingerprint density at radius 1 is 1.43 bits per heavy atom. The van der Waals surface area contributed by atoms with E-state index in [1.54, 1.807) is 0 Å². The molecule has 0 unspecified atom stereocenters. The van der Waals surface area contributed by atoms with E-state index >= 15 is 0 Å². The number of nitro groups is 1. The fourth-order valence-electron chi connectivity index (χ4n) is 1.82. The maximum absolute atomic E-state index is 13.7. The summed E-state index contributed by atoms with van der Waals surface area (Å²) in [5.74, 6) is -1.61. The van der Waals surface area contributed by atoms with Crippen molar-refractivity contribution in [1.29, 1.82) is 0 Å². The molecule has 0 aliphatic carbocycles.